The molecule has 0 aliphatic rings. The average molecular weight is 238 g/mol. The van der Waals surface area contributed by atoms with Gasteiger partial charge in [0.2, 0.25) is 0 Å². The van der Waals surface area contributed by atoms with Crippen molar-refractivity contribution in [3.05, 3.63) is 34.4 Å². The average Bonchev–Trinajstić information content (AvgIpc) is 2.28. The van der Waals surface area contributed by atoms with Crippen molar-refractivity contribution in [2.75, 3.05) is 5.32 Å². The van der Waals surface area contributed by atoms with Gasteiger partial charge in [0.25, 0.3) is 5.69 Å². The van der Waals surface area contributed by atoms with Crippen LogP contribution in [0.25, 0.3) is 0 Å². The summed E-state index contributed by atoms with van der Waals surface area (Å²) in [4.78, 5) is 20.5. The quantitative estimate of drug-likeness (QED) is 0.585. The smallest absolute Gasteiger partial charge is 0.305 e. The van der Waals surface area contributed by atoms with Crippen molar-refractivity contribution in [2.45, 2.75) is 25.8 Å². The lowest BCUT2D eigenvalue weighted by atomic mass is 10.1. The summed E-state index contributed by atoms with van der Waals surface area (Å²) in [6, 6.07) is 5.74. The van der Waals surface area contributed by atoms with E-state index < -0.39 is 10.9 Å². The molecule has 1 aromatic carbocycles. The van der Waals surface area contributed by atoms with Crippen molar-refractivity contribution in [1.29, 1.82) is 0 Å². The number of nitro groups is 1. The van der Waals surface area contributed by atoms with Crippen molar-refractivity contribution in [2.24, 2.45) is 0 Å². The molecule has 1 aromatic rings. The molecule has 0 aromatic heterocycles. The van der Waals surface area contributed by atoms with Gasteiger partial charge in [-0.15, -0.1) is 0 Å². The molecule has 6 nitrogen and oxygen atoms in total. The van der Waals surface area contributed by atoms with Crippen molar-refractivity contribution in [3.63, 3.8) is 0 Å². The molecule has 0 heterocycles. The van der Waals surface area contributed by atoms with Crippen molar-refractivity contribution in [3.8, 4) is 0 Å². The van der Waals surface area contributed by atoms with E-state index in [2.05, 4.69) is 5.32 Å². The third-order valence-electron chi connectivity index (χ3n) is 2.36. The standard InChI is InChI=1S/C11H14N2O4/c1-2-8(7-11(14)15)12-9-3-5-10(6-4-9)13(16)17/h3-6,8,12H,2,7H2,1H3,(H,14,15). The maximum Gasteiger partial charge on any atom is 0.305 e. The summed E-state index contributed by atoms with van der Waals surface area (Å²) in [5, 5.41) is 22.1. The number of hydrogen-bond acceptors (Lipinski definition) is 4. The van der Waals surface area contributed by atoms with Crippen LogP contribution in [0.2, 0.25) is 0 Å². The molecular formula is C11H14N2O4. The van der Waals surface area contributed by atoms with E-state index >= 15 is 0 Å². The molecule has 0 radical (unpaired) electrons. The van der Waals surface area contributed by atoms with Gasteiger partial charge in [0.05, 0.1) is 11.3 Å². The van der Waals surface area contributed by atoms with Gasteiger partial charge in [-0.3, -0.25) is 14.9 Å². The van der Waals surface area contributed by atoms with E-state index in [4.69, 9.17) is 5.11 Å². The molecule has 0 spiro atoms. The molecule has 1 atom stereocenters. The Hall–Kier alpha value is -2.11. The van der Waals surface area contributed by atoms with Crippen molar-refractivity contribution in [1.82, 2.24) is 0 Å². The lowest BCUT2D eigenvalue weighted by molar-refractivity contribution is -0.384. The lowest BCUT2D eigenvalue weighted by Gasteiger charge is -2.15. The Morgan fingerprint density at radius 2 is 2.06 bits per heavy atom. The Kier molecular flexibility index (Phi) is 4.45. The molecule has 0 aliphatic heterocycles. The first-order chi connectivity index (χ1) is 8.02. The van der Waals surface area contributed by atoms with Crippen LogP contribution in [0.4, 0.5) is 11.4 Å². The number of nitrogens with zero attached hydrogens (tertiary/aromatic N) is 1. The first-order valence-electron chi connectivity index (χ1n) is 5.25. The highest BCUT2D eigenvalue weighted by Gasteiger charge is 2.11. The van der Waals surface area contributed by atoms with Crippen LogP contribution in [0.5, 0.6) is 0 Å². The Bertz CT molecular complexity index is 402. The van der Waals surface area contributed by atoms with E-state index in [1.54, 1.807) is 12.1 Å². The molecule has 0 fully saturated rings. The Labute approximate surface area is 98.4 Å². The lowest BCUT2D eigenvalue weighted by Crippen LogP contribution is -2.22. The topological polar surface area (TPSA) is 92.5 Å². The van der Waals surface area contributed by atoms with Gasteiger partial charge in [-0.25, -0.2) is 0 Å². The minimum absolute atomic E-state index is 0.0156. The van der Waals surface area contributed by atoms with Crippen LogP contribution >= 0.6 is 0 Å². The molecule has 0 amide bonds. The molecule has 2 N–H and O–H groups in total. The van der Waals surface area contributed by atoms with Crippen LogP contribution < -0.4 is 5.32 Å². The Morgan fingerprint density at radius 1 is 1.47 bits per heavy atom. The molecule has 0 saturated carbocycles. The number of nitro benzene ring substituents is 1. The summed E-state index contributed by atoms with van der Waals surface area (Å²) < 4.78 is 0. The summed E-state index contributed by atoms with van der Waals surface area (Å²) in [5.41, 5.74) is 0.700. The zero-order chi connectivity index (χ0) is 12.8. The van der Waals surface area contributed by atoms with E-state index in [0.717, 1.165) is 0 Å². The van der Waals surface area contributed by atoms with Gasteiger partial charge in [-0.05, 0) is 18.6 Å². The largest absolute Gasteiger partial charge is 0.481 e. The predicted molar refractivity (Wildman–Crippen MR) is 63.1 cm³/mol. The number of non-ortho nitro benzene ring substituents is 1. The van der Waals surface area contributed by atoms with Gasteiger partial charge < -0.3 is 10.4 Å². The first kappa shape index (κ1) is 13.0. The van der Waals surface area contributed by atoms with Crippen LogP contribution in [0.15, 0.2) is 24.3 Å². The number of benzene rings is 1. The monoisotopic (exact) mass is 238 g/mol. The third-order valence-corrected chi connectivity index (χ3v) is 2.36. The highest BCUT2D eigenvalue weighted by atomic mass is 16.6. The fraction of sp³-hybridized carbons (Fsp3) is 0.364. The second-order valence-corrected chi connectivity index (χ2v) is 3.65. The normalized spacial score (nSPS) is 11.8. The van der Waals surface area contributed by atoms with Gasteiger partial charge in [0.15, 0.2) is 0 Å². The fourth-order valence-electron chi connectivity index (χ4n) is 1.42. The Balaban J connectivity index is 2.67. The van der Waals surface area contributed by atoms with E-state index in [9.17, 15) is 14.9 Å². The number of hydrogen-bond donors (Lipinski definition) is 2. The fourth-order valence-corrected chi connectivity index (χ4v) is 1.42. The highest BCUT2D eigenvalue weighted by molar-refractivity contribution is 5.68. The van der Waals surface area contributed by atoms with Crippen LogP contribution in [0.1, 0.15) is 19.8 Å². The van der Waals surface area contributed by atoms with Gasteiger partial charge in [-0.2, -0.15) is 0 Å². The number of aliphatic carboxylic acids is 1. The first-order valence-corrected chi connectivity index (χ1v) is 5.25. The number of anilines is 1. The molecule has 0 saturated heterocycles. The number of carboxylic acid groups (broad SMARTS) is 1. The third kappa shape index (κ3) is 4.10. The van der Waals surface area contributed by atoms with Crippen LogP contribution in [0, 0.1) is 10.1 Å². The molecule has 1 rings (SSSR count). The van der Waals surface area contributed by atoms with E-state index in [0.29, 0.717) is 12.1 Å². The van der Waals surface area contributed by atoms with Gasteiger partial charge in [0.1, 0.15) is 0 Å². The van der Waals surface area contributed by atoms with E-state index in [1.165, 1.54) is 12.1 Å². The molecular weight excluding hydrogens is 224 g/mol. The zero-order valence-corrected chi connectivity index (χ0v) is 9.42. The summed E-state index contributed by atoms with van der Waals surface area (Å²) >= 11 is 0. The van der Waals surface area contributed by atoms with Gasteiger partial charge in [0, 0.05) is 23.9 Å². The second kappa shape index (κ2) is 5.83. The molecule has 6 heteroatoms. The van der Waals surface area contributed by atoms with Crippen LogP contribution in [-0.2, 0) is 4.79 Å². The summed E-state index contributed by atoms with van der Waals surface area (Å²) in [6.45, 7) is 1.88. The van der Waals surface area contributed by atoms with Gasteiger partial charge in [-0.1, -0.05) is 6.92 Å². The summed E-state index contributed by atoms with van der Waals surface area (Å²) in [7, 11) is 0. The molecule has 0 aliphatic carbocycles. The minimum Gasteiger partial charge on any atom is -0.481 e. The summed E-state index contributed by atoms with van der Waals surface area (Å²) in [6.07, 6.45) is 0.691. The number of carbonyl (C=O) groups is 1. The minimum atomic E-state index is -0.869. The predicted octanol–water partition coefficient (Wildman–Crippen LogP) is 2.26. The summed E-state index contributed by atoms with van der Waals surface area (Å²) in [5.74, 6) is -0.869. The second-order valence-electron chi connectivity index (χ2n) is 3.65. The van der Waals surface area contributed by atoms with E-state index in [-0.39, 0.29) is 18.2 Å². The maximum absolute atomic E-state index is 10.6. The van der Waals surface area contributed by atoms with Crippen LogP contribution in [0.3, 0.4) is 0 Å². The van der Waals surface area contributed by atoms with E-state index in [1.807, 2.05) is 6.92 Å². The zero-order valence-electron chi connectivity index (χ0n) is 9.42. The maximum atomic E-state index is 10.6. The number of carboxylic acids is 1. The number of rotatable bonds is 6. The molecule has 17 heavy (non-hydrogen) atoms. The number of nitrogens with one attached hydrogen (secondary N) is 1. The van der Waals surface area contributed by atoms with Gasteiger partial charge >= 0.3 is 5.97 Å². The molecule has 1 unspecified atom stereocenters. The SMILES string of the molecule is CCC(CC(=O)O)Nc1ccc([N+](=O)[O-])cc1. The van der Waals surface area contributed by atoms with Crippen molar-refractivity contribution >= 4 is 17.3 Å². The molecule has 0 bridgehead atoms. The highest BCUT2D eigenvalue weighted by Crippen LogP contribution is 2.17. The van der Waals surface area contributed by atoms with Crippen molar-refractivity contribution < 1.29 is 14.8 Å². The molecule has 92 valence electrons. The Morgan fingerprint density at radius 3 is 2.47 bits per heavy atom. The van der Waals surface area contributed by atoms with Crippen LogP contribution in [-0.4, -0.2) is 22.0 Å².